The van der Waals surface area contributed by atoms with Crippen LogP contribution in [0.1, 0.15) is 79.6 Å². The van der Waals surface area contributed by atoms with Crippen molar-refractivity contribution in [2.75, 3.05) is 5.32 Å². The number of nitrogens with zero attached hydrogens (tertiary/aromatic N) is 6. The third kappa shape index (κ3) is 5.32. The molecule has 3 rings (SSSR count). The lowest BCUT2D eigenvalue weighted by atomic mass is 9.81. The molecule has 7 heteroatoms. The molecule has 0 bridgehead atoms. The van der Waals surface area contributed by atoms with Crippen LogP contribution in [-0.4, -0.2) is 30.2 Å². The minimum atomic E-state index is -0.206. The van der Waals surface area contributed by atoms with Crippen molar-refractivity contribution in [2.45, 2.75) is 79.3 Å². The smallest absolute Gasteiger partial charge is 0.174 e. The SMILES string of the molecule is CC(C)CCC(Nc1ncnc2ccccc12)c1nnnn1C(C)(C)CC(C)(C)C. The summed E-state index contributed by atoms with van der Waals surface area (Å²) in [7, 11) is 0. The quantitative estimate of drug-likeness (QED) is 0.538. The summed E-state index contributed by atoms with van der Waals surface area (Å²) in [6.45, 7) is 15.6. The third-order valence-corrected chi connectivity index (χ3v) is 5.23. The highest BCUT2D eigenvalue weighted by atomic mass is 15.6. The van der Waals surface area contributed by atoms with Crippen molar-refractivity contribution in [2.24, 2.45) is 11.3 Å². The van der Waals surface area contributed by atoms with E-state index >= 15 is 0 Å². The number of nitrogens with one attached hydrogen (secondary N) is 1. The predicted molar refractivity (Wildman–Crippen MR) is 121 cm³/mol. The molecule has 0 fully saturated rings. The Kier molecular flexibility index (Phi) is 6.38. The predicted octanol–water partition coefficient (Wildman–Crippen LogP) is 5.38. The first-order valence-corrected chi connectivity index (χ1v) is 10.8. The second-order valence-electron chi connectivity index (χ2n) is 10.4. The van der Waals surface area contributed by atoms with Crippen LogP contribution in [0.5, 0.6) is 0 Å². The van der Waals surface area contributed by atoms with Crippen LogP contribution in [0, 0.1) is 11.3 Å². The lowest BCUT2D eigenvalue weighted by molar-refractivity contribution is 0.188. The van der Waals surface area contributed by atoms with Gasteiger partial charge in [-0.2, -0.15) is 0 Å². The number of anilines is 1. The summed E-state index contributed by atoms with van der Waals surface area (Å²) in [5.41, 5.74) is 0.879. The summed E-state index contributed by atoms with van der Waals surface area (Å²) in [5.74, 6) is 2.26. The number of hydrogen-bond donors (Lipinski definition) is 1. The van der Waals surface area contributed by atoms with Crippen LogP contribution < -0.4 is 5.32 Å². The monoisotopic (exact) mass is 409 g/mol. The molecule has 0 aliphatic carbocycles. The molecular formula is C23H35N7. The second kappa shape index (κ2) is 8.66. The molecule has 0 aliphatic rings. The highest BCUT2D eigenvalue weighted by Gasteiger charge is 2.33. The molecule has 7 nitrogen and oxygen atoms in total. The molecule has 1 unspecified atom stereocenters. The summed E-state index contributed by atoms with van der Waals surface area (Å²) in [6, 6.07) is 8.01. The Balaban J connectivity index is 1.98. The third-order valence-electron chi connectivity index (χ3n) is 5.23. The summed E-state index contributed by atoms with van der Waals surface area (Å²) in [4.78, 5) is 8.92. The Labute approximate surface area is 179 Å². The zero-order valence-corrected chi connectivity index (χ0v) is 19.3. The zero-order valence-electron chi connectivity index (χ0n) is 19.3. The van der Waals surface area contributed by atoms with Gasteiger partial charge in [0, 0.05) is 5.39 Å². The maximum Gasteiger partial charge on any atom is 0.174 e. The van der Waals surface area contributed by atoms with E-state index in [-0.39, 0.29) is 17.0 Å². The van der Waals surface area contributed by atoms with Crippen LogP contribution in [0.2, 0.25) is 0 Å². The molecule has 3 aromatic rings. The number of para-hydroxylation sites is 1. The summed E-state index contributed by atoms with van der Waals surface area (Å²) in [5, 5.41) is 17.6. The first-order chi connectivity index (χ1) is 14.1. The molecule has 162 valence electrons. The topological polar surface area (TPSA) is 81.4 Å². The Hall–Kier alpha value is -2.57. The van der Waals surface area contributed by atoms with E-state index in [1.807, 2.05) is 28.9 Å². The first kappa shape index (κ1) is 22.1. The highest BCUT2D eigenvalue weighted by Crippen LogP contribution is 2.35. The van der Waals surface area contributed by atoms with E-state index in [2.05, 4.69) is 79.3 Å². The number of hydrogen-bond acceptors (Lipinski definition) is 6. The van der Waals surface area contributed by atoms with Crippen molar-refractivity contribution in [3.63, 3.8) is 0 Å². The van der Waals surface area contributed by atoms with E-state index in [0.717, 1.165) is 41.8 Å². The fraction of sp³-hybridized carbons (Fsp3) is 0.609. The van der Waals surface area contributed by atoms with E-state index in [0.29, 0.717) is 5.92 Å². The van der Waals surface area contributed by atoms with Crippen LogP contribution in [0.4, 0.5) is 5.82 Å². The molecule has 1 atom stereocenters. The van der Waals surface area contributed by atoms with Gasteiger partial charge < -0.3 is 5.32 Å². The minimum absolute atomic E-state index is 0.0417. The number of aromatic nitrogens is 6. The van der Waals surface area contributed by atoms with Gasteiger partial charge in [-0.15, -0.1) is 5.10 Å². The van der Waals surface area contributed by atoms with Crippen LogP contribution in [0.25, 0.3) is 10.9 Å². The Morgan fingerprint density at radius 3 is 2.43 bits per heavy atom. The van der Waals surface area contributed by atoms with E-state index in [9.17, 15) is 0 Å². The molecule has 1 aromatic carbocycles. The van der Waals surface area contributed by atoms with Gasteiger partial charge in [0.15, 0.2) is 5.82 Å². The normalized spacial score (nSPS) is 13.7. The number of fused-ring (bicyclic) bond motifs is 1. The average Bonchev–Trinajstić information content (AvgIpc) is 3.14. The van der Waals surface area contributed by atoms with Crippen molar-refractivity contribution in [1.29, 1.82) is 0 Å². The fourth-order valence-electron chi connectivity index (χ4n) is 4.27. The number of rotatable bonds is 8. The van der Waals surface area contributed by atoms with Gasteiger partial charge in [0.25, 0.3) is 0 Å². The molecule has 0 amide bonds. The average molecular weight is 410 g/mol. The Morgan fingerprint density at radius 1 is 1.00 bits per heavy atom. The van der Waals surface area contributed by atoms with Crippen LogP contribution in [0.3, 0.4) is 0 Å². The second-order valence-corrected chi connectivity index (χ2v) is 10.4. The van der Waals surface area contributed by atoms with Crippen molar-refractivity contribution in [3.8, 4) is 0 Å². The molecule has 0 radical (unpaired) electrons. The maximum absolute atomic E-state index is 4.53. The number of tetrazole rings is 1. The fourth-order valence-corrected chi connectivity index (χ4v) is 4.27. The van der Waals surface area contributed by atoms with Gasteiger partial charge in [-0.25, -0.2) is 14.6 Å². The molecule has 0 aliphatic heterocycles. The van der Waals surface area contributed by atoms with E-state index in [1.165, 1.54) is 0 Å². The van der Waals surface area contributed by atoms with Crippen molar-refractivity contribution >= 4 is 16.7 Å². The lowest BCUT2D eigenvalue weighted by Crippen LogP contribution is -2.35. The summed E-state index contributed by atoms with van der Waals surface area (Å²) in [6.07, 6.45) is 4.55. The van der Waals surface area contributed by atoms with Gasteiger partial charge in [0.05, 0.1) is 17.1 Å². The lowest BCUT2D eigenvalue weighted by Gasteiger charge is -2.34. The van der Waals surface area contributed by atoms with E-state index in [1.54, 1.807) is 6.33 Å². The molecule has 1 N–H and O–H groups in total. The maximum atomic E-state index is 4.53. The zero-order chi connectivity index (χ0) is 21.9. The Morgan fingerprint density at radius 2 is 1.73 bits per heavy atom. The molecule has 2 heterocycles. The van der Waals surface area contributed by atoms with Gasteiger partial charge in [-0.3, -0.25) is 0 Å². The van der Waals surface area contributed by atoms with Gasteiger partial charge in [-0.1, -0.05) is 46.8 Å². The molecule has 0 saturated carbocycles. The molecule has 2 aromatic heterocycles. The van der Waals surface area contributed by atoms with Crippen LogP contribution in [-0.2, 0) is 5.54 Å². The van der Waals surface area contributed by atoms with Crippen molar-refractivity contribution in [3.05, 3.63) is 36.4 Å². The summed E-state index contributed by atoms with van der Waals surface area (Å²) >= 11 is 0. The van der Waals surface area contributed by atoms with Crippen LogP contribution in [0.15, 0.2) is 30.6 Å². The molecule has 30 heavy (non-hydrogen) atoms. The minimum Gasteiger partial charge on any atom is -0.359 e. The highest BCUT2D eigenvalue weighted by molar-refractivity contribution is 5.88. The van der Waals surface area contributed by atoms with Gasteiger partial charge >= 0.3 is 0 Å². The van der Waals surface area contributed by atoms with Crippen molar-refractivity contribution in [1.82, 2.24) is 30.2 Å². The van der Waals surface area contributed by atoms with Gasteiger partial charge in [0.2, 0.25) is 0 Å². The largest absolute Gasteiger partial charge is 0.359 e. The van der Waals surface area contributed by atoms with Crippen molar-refractivity contribution < 1.29 is 0 Å². The standard InChI is InChI=1S/C23H35N7/c1-16(2)12-13-19(26-20-17-10-8-9-11-18(17)24-15-25-20)21-27-28-29-30(21)23(6,7)14-22(3,4)5/h8-11,15-16,19H,12-14H2,1-7H3,(H,24,25,26). The number of benzene rings is 1. The van der Waals surface area contributed by atoms with E-state index in [4.69, 9.17) is 0 Å². The molecule has 0 spiro atoms. The van der Waals surface area contributed by atoms with Crippen LogP contribution >= 0.6 is 0 Å². The van der Waals surface area contributed by atoms with E-state index < -0.39 is 0 Å². The molecule has 0 saturated heterocycles. The molecular weight excluding hydrogens is 374 g/mol. The van der Waals surface area contributed by atoms with Gasteiger partial charge in [0.1, 0.15) is 12.1 Å². The Bertz CT molecular complexity index is 964. The first-order valence-electron chi connectivity index (χ1n) is 10.8. The summed E-state index contributed by atoms with van der Waals surface area (Å²) < 4.78 is 2.00. The van der Waals surface area contributed by atoms with Gasteiger partial charge in [-0.05, 0) is 67.0 Å².